The summed E-state index contributed by atoms with van der Waals surface area (Å²) in [7, 11) is 0. The maximum absolute atomic E-state index is 11.8. The molecule has 0 saturated carbocycles. The number of rotatable bonds is 1. The Morgan fingerprint density at radius 3 is 2.27 bits per heavy atom. The fourth-order valence-corrected chi connectivity index (χ4v) is 0.431. The quantitative estimate of drug-likeness (QED) is 0.195. The van der Waals surface area contributed by atoms with Crippen LogP contribution in [0.2, 0.25) is 0 Å². The van der Waals surface area contributed by atoms with Crippen LogP contribution >= 0.6 is 0 Å². The number of hydrogen-bond donors (Lipinski definition) is 1. The number of carbonyl (C=O) groups excluding carboxylic acids is 1. The van der Waals surface area contributed by atoms with Crippen LogP contribution in [0, 0.1) is 19.1 Å². The maximum atomic E-state index is 11.8. The number of carbonyl (C=O) groups is 1. The summed E-state index contributed by atoms with van der Waals surface area (Å²) in [5.74, 6) is -4.05. The Labute approximate surface area is 93.0 Å². The number of aliphatic hydroxyl groups excluding tert-OH is 1. The SMILES string of the molecule is [C-]#[N+]/C(C(=O)OC#C)=C(/O)C(F)(F)F.[Cu]. The number of terminal acetylenes is 1. The Bertz CT molecular complexity index is 361. The van der Waals surface area contributed by atoms with Crippen molar-refractivity contribution in [3.63, 3.8) is 0 Å². The minimum absolute atomic E-state index is 0. The number of esters is 1. The predicted octanol–water partition coefficient (Wildman–Crippen LogP) is 1.37. The molecule has 0 atom stereocenters. The zero-order chi connectivity index (χ0) is 11.4. The van der Waals surface area contributed by atoms with Gasteiger partial charge < -0.3 is 9.84 Å². The number of ether oxygens (including phenoxy) is 1. The summed E-state index contributed by atoms with van der Waals surface area (Å²) in [6.07, 6.45) is 0.546. The molecule has 0 bridgehead atoms. The van der Waals surface area contributed by atoms with E-state index in [9.17, 15) is 18.0 Å². The molecule has 1 radical (unpaired) electrons. The summed E-state index contributed by atoms with van der Waals surface area (Å²) in [5, 5.41) is 8.41. The minimum atomic E-state index is -5.19. The number of nitrogens with zero attached hydrogens (tertiary/aromatic N) is 1. The van der Waals surface area contributed by atoms with E-state index in [-0.39, 0.29) is 17.1 Å². The number of aliphatic hydroxyl groups is 1. The Morgan fingerprint density at radius 2 is 2.00 bits per heavy atom. The van der Waals surface area contributed by atoms with Crippen LogP contribution in [-0.4, -0.2) is 17.3 Å². The summed E-state index contributed by atoms with van der Waals surface area (Å²) in [5.41, 5.74) is -1.60. The molecule has 1 N–H and O–H groups in total. The van der Waals surface area contributed by atoms with Gasteiger partial charge in [0.25, 0.3) is 0 Å². The molecule has 0 fully saturated rings. The first-order chi connectivity index (χ1) is 6.34. The second-order valence-electron chi connectivity index (χ2n) is 1.81. The van der Waals surface area contributed by atoms with E-state index in [1.807, 2.05) is 0 Å². The largest absolute Gasteiger partial charge is 0.515 e. The molecular weight excluding hydrogens is 267 g/mol. The fourth-order valence-electron chi connectivity index (χ4n) is 0.431. The molecule has 8 heteroatoms. The zero-order valence-corrected chi connectivity index (χ0v) is 7.67. The summed E-state index contributed by atoms with van der Waals surface area (Å²) in [4.78, 5) is 12.7. The van der Waals surface area contributed by atoms with Gasteiger partial charge in [-0.3, -0.25) is 4.79 Å². The van der Waals surface area contributed by atoms with Gasteiger partial charge in [-0.2, -0.15) is 13.2 Å². The van der Waals surface area contributed by atoms with Crippen molar-refractivity contribution in [1.82, 2.24) is 0 Å². The first-order valence-electron chi connectivity index (χ1n) is 2.89. The van der Waals surface area contributed by atoms with Gasteiger partial charge in [0.2, 0.25) is 5.76 Å². The molecule has 0 aliphatic rings. The van der Waals surface area contributed by atoms with E-state index >= 15 is 0 Å². The van der Waals surface area contributed by atoms with Gasteiger partial charge in [0.05, 0.1) is 6.57 Å². The predicted molar refractivity (Wildman–Crippen MR) is 37.2 cm³/mol. The van der Waals surface area contributed by atoms with Crippen LogP contribution in [0.4, 0.5) is 13.2 Å². The fraction of sp³-hybridized carbons (Fsp3) is 0.143. The van der Waals surface area contributed by atoms with E-state index in [0.717, 1.165) is 0 Å². The molecule has 4 nitrogen and oxygen atoms in total. The van der Waals surface area contributed by atoms with Crippen LogP contribution in [0.1, 0.15) is 0 Å². The Balaban J connectivity index is 0. The molecule has 0 saturated heterocycles. The van der Waals surface area contributed by atoms with E-state index in [0.29, 0.717) is 0 Å². The normalized spacial score (nSPS) is 11.3. The van der Waals surface area contributed by atoms with Crippen molar-refractivity contribution in [3.05, 3.63) is 22.9 Å². The summed E-state index contributed by atoms with van der Waals surface area (Å²) >= 11 is 0. The summed E-state index contributed by atoms with van der Waals surface area (Å²) < 4.78 is 39.0. The summed E-state index contributed by atoms with van der Waals surface area (Å²) in [6.45, 7) is 6.22. The number of hydrogen-bond acceptors (Lipinski definition) is 3. The molecule has 0 unspecified atom stereocenters. The number of alkyl halides is 3. The zero-order valence-electron chi connectivity index (χ0n) is 6.72. The first kappa shape index (κ1) is 15.8. The molecule has 0 aromatic carbocycles. The van der Waals surface area contributed by atoms with Crippen molar-refractivity contribution in [3.8, 4) is 12.5 Å². The molecular formula is C7H2CuF3NO3. The van der Waals surface area contributed by atoms with E-state index in [4.69, 9.17) is 11.7 Å². The van der Waals surface area contributed by atoms with Crippen molar-refractivity contribution >= 4 is 5.97 Å². The van der Waals surface area contributed by atoms with Crippen molar-refractivity contribution in [2.45, 2.75) is 6.18 Å². The van der Waals surface area contributed by atoms with Crippen LogP contribution in [0.5, 0.6) is 0 Å². The Kier molecular flexibility index (Phi) is 6.30. The molecule has 85 valence electrons. The van der Waals surface area contributed by atoms with E-state index in [1.54, 1.807) is 0 Å². The molecule has 0 aliphatic heterocycles. The van der Waals surface area contributed by atoms with Gasteiger partial charge >= 0.3 is 17.8 Å². The van der Waals surface area contributed by atoms with Crippen molar-refractivity contribution in [2.24, 2.45) is 0 Å². The first-order valence-corrected chi connectivity index (χ1v) is 2.89. The van der Waals surface area contributed by atoms with Gasteiger partial charge in [0, 0.05) is 17.1 Å². The number of allylic oxidation sites excluding steroid dienone is 1. The third-order valence-electron chi connectivity index (χ3n) is 0.950. The molecule has 0 aromatic heterocycles. The monoisotopic (exact) mass is 268 g/mol. The van der Waals surface area contributed by atoms with Gasteiger partial charge in [-0.1, -0.05) is 6.42 Å². The van der Waals surface area contributed by atoms with Crippen LogP contribution < -0.4 is 0 Å². The van der Waals surface area contributed by atoms with Crippen LogP contribution in [0.25, 0.3) is 4.85 Å². The van der Waals surface area contributed by atoms with Gasteiger partial charge in [0.1, 0.15) is 6.11 Å². The molecule has 0 spiro atoms. The van der Waals surface area contributed by atoms with Gasteiger partial charge in [-0.25, -0.2) is 4.85 Å². The average Bonchev–Trinajstić information content (AvgIpc) is 2.04. The van der Waals surface area contributed by atoms with E-state index in [2.05, 4.69) is 16.0 Å². The topological polar surface area (TPSA) is 50.9 Å². The minimum Gasteiger partial charge on any atom is -0.515 e. The van der Waals surface area contributed by atoms with E-state index in [1.165, 1.54) is 6.11 Å². The standard InChI is InChI=1S/C7H2F3NO3.Cu/c1-3-14-6(13)4(11-2)5(12)7(8,9)10;/h1,12H;/b5-4+;. The van der Waals surface area contributed by atoms with Crippen molar-refractivity contribution in [2.75, 3.05) is 0 Å². The molecule has 15 heavy (non-hydrogen) atoms. The molecule has 0 aliphatic carbocycles. The maximum Gasteiger partial charge on any atom is 0.438 e. The Hall–Kier alpha value is -1.63. The van der Waals surface area contributed by atoms with Gasteiger partial charge in [0.15, 0.2) is 0 Å². The molecule has 0 heterocycles. The van der Waals surface area contributed by atoms with Crippen molar-refractivity contribution < 1.29 is 44.9 Å². The Morgan fingerprint density at radius 1 is 1.53 bits per heavy atom. The second-order valence-corrected chi connectivity index (χ2v) is 1.81. The third kappa shape index (κ3) is 4.41. The van der Waals surface area contributed by atoms with E-state index < -0.39 is 23.6 Å². The van der Waals surface area contributed by atoms with Crippen LogP contribution in [0.15, 0.2) is 11.5 Å². The van der Waals surface area contributed by atoms with Crippen molar-refractivity contribution in [1.29, 1.82) is 0 Å². The third-order valence-corrected chi connectivity index (χ3v) is 0.950. The van der Waals surface area contributed by atoms with Crippen LogP contribution in [0.3, 0.4) is 0 Å². The smallest absolute Gasteiger partial charge is 0.438 e. The second kappa shape index (κ2) is 5.97. The molecule has 0 rings (SSSR count). The van der Waals surface area contributed by atoms with Gasteiger partial charge in [-0.05, 0) is 0 Å². The molecule has 0 aromatic rings. The average molecular weight is 269 g/mol. The van der Waals surface area contributed by atoms with Gasteiger partial charge in [-0.15, -0.1) is 0 Å². The number of halogens is 3. The van der Waals surface area contributed by atoms with Crippen LogP contribution in [-0.2, 0) is 26.6 Å². The summed E-state index contributed by atoms with van der Waals surface area (Å²) in [6, 6.07) is 0. The molecule has 0 amide bonds.